The van der Waals surface area contributed by atoms with Crippen LogP contribution in [0.1, 0.15) is 17.2 Å². The molecule has 2 N–H and O–H groups in total. The van der Waals surface area contributed by atoms with Gasteiger partial charge in [0, 0.05) is 25.3 Å². The Morgan fingerprint density at radius 3 is 2.45 bits per heavy atom. The number of benzene rings is 2. The van der Waals surface area contributed by atoms with E-state index in [1.807, 2.05) is 30.3 Å². The van der Waals surface area contributed by atoms with Crippen molar-refractivity contribution in [3.63, 3.8) is 0 Å². The molecule has 1 unspecified atom stereocenters. The number of aliphatic hydroxyl groups is 1. The first-order valence-corrected chi connectivity index (χ1v) is 9.69. The Labute approximate surface area is 171 Å². The zero-order chi connectivity index (χ0) is 20.6. The standard InChI is InChI=1S/C22H28N2O5/c1-27-20-8-3-16(13-21(20)28-2)14-22(26)23-15-19(25)17-4-6-18(7-5-17)24-9-11-29-12-10-24/h3-8,13,19,25H,9-12,14-15H2,1-2H3,(H,23,26). The Morgan fingerprint density at radius 2 is 1.79 bits per heavy atom. The summed E-state index contributed by atoms with van der Waals surface area (Å²) < 4.78 is 15.8. The molecule has 0 aromatic heterocycles. The summed E-state index contributed by atoms with van der Waals surface area (Å²) in [6, 6.07) is 13.2. The number of nitrogens with one attached hydrogen (secondary N) is 1. The molecule has 1 amide bonds. The van der Waals surface area contributed by atoms with Crippen LogP contribution in [0.4, 0.5) is 5.69 Å². The molecule has 0 aliphatic carbocycles. The van der Waals surface area contributed by atoms with Crippen LogP contribution in [0.15, 0.2) is 42.5 Å². The summed E-state index contributed by atoms with van der Waals surface area (Å²) in [7, 11) is 3.13. The number of aliphatic hydroxyl groups excluding tert-OH is 1. The van der Waals surface area contributed by atoms with Crippen LogP contribution < -0.4 is 19.7 Å². The van der Waals surface area contributed by atoms with Crippen molar-refractivity contribution in [3.05, 3.63) is 53.6 Å². The van der Waals surface area contributed by atoms with E-state index in [-0.39, 0.29) is 18.9 Å². The van der Waals surface area contributed by atoms with Crippen LogP contribution in [0.2, 0.25) is 0 Å². The molecule has 0 radical (unpaired) electrons. The Bertz CT molecular complexity index is 803. The van der Waals surface area contributed by atoms with Crippen molar-refractivity contribution in [1.82, 2.24) is 5.32 Å². The fraction of sp³-hybridized carbons (Fsp3) is 0.409. The monoisotopic (exact) mass is 400 g/mol. The first-order chi connectivity index (χ1) is 14.1. The fourth-order valence-electron chi connectivity index (χ4n) is 3.30. The smallest absolute Gasteiger partial charge is 0.224 e. The van der Waals surface area contributed by atoms with Crippen LogP contribution >= 0.6 is 0 Å². The van der Waals surface area contributed by atoms with Gasteiger partial charge in [0.2, 0.25) is 5.91 Å². The number of amides is 1. The van der Waals surface area contributed by atoms with Crippen molar-refractivity contribution >= 4 is 11.6 Å². The maximum atomic E-state index is 12.3. The number of nitrogens with zero attached hydrogens (tertiary/aromatic N) is 1. The van der Waals surface area contributed by atoms with Gasteiger partial charge >= 0.3 is 0 Å². The van der Waals surface area contributed by atoms with E-state index in [1.165, 1.54) is 0 Å². The minimum Gasteiger partial charge on any atom is -0.493 e. The molecule has 2 aromatic rings. The summed E-state index contributed by atoms with van der Waals surface area (Å²) in [6.45, 7) is 3.36. The van der Waals surface area contributed by atoms with Gasteiger partial charge in [-0.1, -0.05) is 18.2 Å². The molecular formula is C22H28N2O5. The first-order valence-electron chi connectivity index (χ1n) is 9.69. The van der Waals surface area contributed by atoms with Gasteiger partial charge in [-0.3, -0.25) is 4.79 Å². The third kappa shape index (κ3) is 5.62. The predicted octanol–water partition coefficient (Wildman–Crippen LogP) is 1.93. The number of rotatable bonds is 8. The summed E-state index contributed by atoms with van der Waals surface area (Å²) >= 11 is 0. The van der Waals surface area contributed by atoms with Gasteiger partial charge in [-0.2, -0.15) is 0 Å². The van der Waals surface area contributed by atoms with Crippen molar-refractivity contribution in [2.45, 2.75) is 12.5 Å². The van der Waals surface area contributed by atoms with E-state index >= 15 is 0 Å². The average Bonchev–Trinajstić information content (AvgIpc) is 2.78. The molecule has 1 heterocycles. The van der Waals surface area contributed by atoms with Crippen LogP contribution in [0.25, 0.3) is 0 Å². The third-order valence-electron chi connectivity index (χ3n) is 4.96. The molecule has 7 heteroatoms. The first kappa shape index (κ1) is 21.0. The minimum atomic E-state index is -0.761. The fourth-order valence-corrected chi connectivity index (χ4v) is 3.30. The number of morpholine rings is 1. The van der Waals surface area contributed by atoms with Crippen LogP contribution in [0.3, 0.4) is 0 Å². The zero-order valence-electron chi connectivity index (χ0n) is 16.9. The average molecular weight is 400 g/mol. The maximum Gasteiger partial charge on any atom is 0.224 e. The molecule has 156 valence electrons. The highest BCUT2D eigenvalue weighted by Gasteiger charge is 2.14. The number of anilines is 1. The molecule has 1 aliphatic rings. The zero-order valence-corrected chi connectivity index (χ0v) is 16.9. The van der Waals surface area contributed by atoms with Gasteiger partial charge in [0.05, 0.1) is 40.0 Å². The molecule has 7 nitrogen and oxygen atoms in total. The summed E-state index contributed by atoms with van der Waals surface area (Å²) in [6.07, 6.45) is -0.564. The van der Waals surface area contributed by atoms with Gasteiger partial charge in [-0.15, -0.1) is 0 Å². The van der Waals surface area contributed by atoms with Gasteiger partial charge in [0.25, 0.3) is 0 Å². The van der Waals surface area contributed by atoms with Crippen LogP contribution in [-0.4, -0.2) is 58.1 Å². The number of methoxy groups -OCH3 is 2. The van der Waals surface area contributed by atoms with E-state index in [4.69, 9.17) is 14.2 Å². The summed E-state index contributed by atoms with van der Waals surface area (Å²) in [4.78, 5) is 14.5. The minimum absolute atomic E-state index is 0.156. The van der Waals surface area contributed by atoms with Crippen molar-refractivity contribution in [1.29, 1.82) is 0 Å². The molecule has 1 atom stereocenters. The van der Waals surface area contributed by atoms with Crippen molar-refractivity contribution < 1.29 is 24.1 Å². The van der Waals surface area contributed by atoms with E-state index in [2.05, 4.69) is 10.2 Å². The Hall–Kier alpha value is -2.77. The summed E-state index contributed by atoms with van der Waals surface area (Å²) in [5, 5.41) is 13.2. The van der Waals surface area contributed by atoms with Crippen LogP contribution in [0, 0.1) is 0 Å². The van der Waals surface area contributed by atoms with E-state index in [9.17, 15) is 9.90 Å². The van der Waals surface area contributed by atoms with Gasteiger partial charge < -0.3 is 29.5 Å². The molecule has 1 saturated heterocycles. The third-order valence-corrected chi connectivity index (χ3v) is 4.96. The second kappa shape index (κ2) is 10.1. The number of carbonyl (C=O) groups excluding carboxylic acids is 1. The highest BCUT2D eigenvalue weighted by molar-refractivity contribution is 5.78. The molecule has 29 heavy (non-hydrogen) atoms. The quantitative estimate of drug-likeness (QED) is 0.705. The molecule has 1 aliphatic heterocycles. The van der Waals surface area contributed by atoms with E-state index in [0.717, 1.165) is 43.1 Å². The highest BCUT2D eigenvalue weighted by Crippen LogP contribution is 2.27. The number of hydrogen-bond donors (Lipinski definition) is 2. The lowest BCUT2D eigenvalue weighted by Crippen LogP contribution is -2.36. The normalized spacial score (nSPS) is 14.9. The van der Waals surface area contributed by atoms with Gasteiger partial charge in [-0.05, 0) is 35.4 Å². The number of ether oxygens (including phenoxy) is 3. The SMILES string of the molecule is COc1ccc(CC(=O)NCC(O)c2ccc(N3CCOCC3)cc2)cc1OC. The van der Waals surface area contributed by atoms with Crippen molar-refractivity contribution in [2.75, 3.05) is 52.0 Å². The molecule has 2 aromatic carbocycles. The Morgan fingerprint density at radius 1 is 1.10 bits per heavy atom. The lowest BCUT2D eigenvalue weighted by Gasteiger charge is -2.29. The van der Waals surface area contributed by atoms with Crippen molar-refractivity contribution in [3.8, 4) is 11.5 Å². The largest absolute Gasteiger partial charge is 0.493 e. The molecule has 1 fully saturated rings. The highest BCUT2D eigenvalue weighted by atomic mass is 16.5. The molecule has 0 saturated carbocycles. The van der Waals surface area contributed by atoms with Crippen molar-refractivity contribution in [2.24, 2.45) is 0 Å². The summed E-state index contributed by atoms with van der Waals surface area (Å²) in [5.41, 5.74) is 2.69. The second-order valence-corrected chi connectivity index (χ2v) is 6.88. The predicted molar refractivity (Wildman–Crippen MR) is 111 cm³/mol. The molecule has 0 spiro atoms. The Balaban J connectivity index is 1.50. The lowest BCUT2D eigenvalue weighted by atomic mass is 10.1. The van der Waals surface area contributed by atoms with E-state index in [1.54, 1.807) is 26.4 Å². The van der Waals surface area contributed by atoms with E-state index in [0.29, 0.717) is 11.5 Å². The number of hydrogen-bond acceptors (Lipinski definition) is 6. The topological polar surface area (TPSA) is 80.3 Å². The van der Waals surface area contributed by atoms with Crippen LogP contribution in [0.5, 0.6) is 11.5 Å². The second-order valence-electron chi connectivity index (χ2n) is 6.88. The molecule has 3 rings (SSSR count). The molecule has 0 bridgehead atoms. The summed E-state index contributed by atoms with van der Waals surface area (Å²) in [5.74, 6) is 1.03. The van der Waals surface area contributed by atoms with E-state index < -0.39 is 6.10 Å². The lowest BCUT2D eigenvalue weighted by molar-refractivity contribution is -0.120. The van der Waals surface area contributed by atoms with Gasteiger partial charge in [0.15, 0.2) is 11.5 Å². The van der Waals surface area contributed by atoms with Gasteiger partial charge in [0.1, 0.15) is 0 Å². The Kier molecular flexibility index (Phi) is 7.32. The van der Waals surface area contributed by atoms with Gasteiger partial charge in [-0.25, -0.2) is 0 Å². The molecular weight excluding hydrogens is 372 g/mol. The number of carbonyl (C=O) groups is 1. The maximum absolute atomic E-state index is 12.3. The van der Waals surface area contributed by atoms with Crippen LogP contribution in [-0.2, 0) is 16.0 Å².